The van der Waals surface area contributed by atoms with E-state index in [0.29, 0.717) is 5.92 Å². The lowest BCUT2D eigenvalue weighted by Gasteiger charge is -2.35. The Morgan fingerprint density at radius 2 is 1.89 bits per heavy atom. The second-order valence-corrected chi connectivity index (χ2v) is 5.16. The SMILES string of the molecule is COc1cccc(C2CCC3(CC2)OCCO3)c1. The lowest BCUT2D eigenvalue weighted by molar-refractivity contribution is -0.178. The summed E-state index contributed by atoms with van der Waals surface area (Å²) in [5.74, 6) is 1.30. The maximum atomic E-state index is 5.76. The second-order valence-electron chi connectivity index (χ2n) is 5.16. The smallest absolute Gasteiger partial charge is 0.168 e. The molecule has 1 spiro atoms. The average molecular weight is 248 g/mol. The van der Waals surface area contributed by atoms with Crippen LogP contribution in [0.1, 0.15) is 37.2 Å². The van der Waals surface area contributed by atoms with Crippen molar-refractivity contribution in [3.05, 3.63) is 29.8 Å². The minimum atomic E-state index is -0.255. The van der Waals surface area contributed by atoms with E-state index in [-0.39, 0.29) is 5.79 Å². The Morgan fingerprint density at radius 1 is 1.17 bits per heavy atom. The molecular weight excluding hydrogens is 228 g/mol. The fraction of sp³-hybridized carbons (Fsp3) is 0.600. The predicted molar refractivity (Wildman–Crippen MR) is 68.8 cm³/mol. The quantitative estimate of drug-likeness (QED) is 0.805. The Bertz CT molecular complexity index is 400. The van der Waals surface area contributed by atoms with Crippen molar-refractivity contribution < 1.29 is 14.2 Å². The van der Waals surface area contributed by atoms with Crippen LogP contribution in [-0.4, -0.2) is 26.1 Å². The molecule has 1 aromatic carbocycles. The standard InChI is InChI=1S/C15H20O3/c1-16-14-4-2-3-13(11-14)12-5-7-15(8-6-12)17-9-10-18-15/h2-4,11-12H,5-10H2,1H3. The molecule has 0 bridgehead atoms. The van der Waals surface area contributed by atoms with E-state index in [1.807, 2.05) is 6.07 Å². The highest BCUT2D eigenvalue weighted by Gasteiger charge is 2.40. The van der Waals surface area contributed by atoms with Gasteiger partial charge in [-0.1, -0.05) is 12.1 Å². The molecule has 2 fully saturated rings. The minimum absolute atomic E-state index is 0.255. The first kappa shape index (κ1) is 12.0. The van der Waals surface area contributed by atoms with E-state index in [0.717, 1.165) is 44.6 Å². The van der Waals surface area contributed by atoms with E-state index >= 15 is 0 Å². The second kappa shape index (κ2) is 4.90. The summed E-state index contributed by atoms with van der Waals surface area (Å²) >= 11 is 0. The van der Waals surface area contributed by atoms with Crippen molar-refractivity contribution in [3.8, 4) is 5.75 Å². The largest absolute Gasteiger partial charge is 0.497 e. The third-order valence-corrected chi connectivity index (χ3v) is 4.13. The molecule has 0 N–H and O–H groups in total. The number of methoxy groups -OCH3 is 1. The van der Waals surface area contributed by atoms with Crippen LogP contribution in [0.5, 0.6) is 5.75 Å². The monoisotopic (exact) mass is 248 g/mol. The van der Waals surface area contributed by atoms with Crippen LogP contribution in [0.2, 0.25) is 0 Å². The van der Waals surface area contributed by atoms with E-state index in [1.54, 1.807) is 7.11 Å². The van der Waals surface area contributed by atoms with E-state index in [9.17, 15) is 0 Å². The van der Waals surface area contributed by atoms with Gasteiger partial charge in [0.2, 0.25) is 0 Å². The third kappa shape index (κ3) is 2.25. The van der Waals surface area contributed by atoms with Crippen LogP contribution < -0.4 is 4.74 Å². The number of hydrogen-bond donors (Lipinski definition) is 0. The fourth-order valence-corrected chi connectivity index (χ4v) is 3.07. The molecule has 1 saturated heterocycles. The summed E-state index contributed by atoms with van der Waals surface area (Å²) in [5.41, 5.74) is 1.38. The summed E-state index contributed by atoms with van der Waals surface area (Å²) in [6.45, 7) is 1.51. The molecule has 0 aromatic heterocycles. The first-order chi connectivity index (χ1) is 8.81. The first-order valence-corrected chi connectivity index (χ1v) is 6.73. The lowest BCUT2D eigenvalue weighted by Crippen LogP contribution is -2.34. The van der Waals surface area contributed by atoms with Gasteiger partial charge >= 0.3 is 0 Å². The normalized spacial score (nSPS) is 23.4. The Hall–Kier alpha value is -1.06. The predicted octanol–water partition coefficient (Wildman–Crippen LogP) is 3.10. The molecule has 1 heterocycles. The minimum Gasteiger partial charge on any atom is -0.497 e. The highest BCUT2D eigenvalue weighted by Crippen LogP contribution is 2.42. The van der Waals surface area contributed by atoms with E-state index in [2.05, 4.69) is 18.2 Å². The average Bonchev–Trinajstić information content (AvgIpc) is 2.88. The molecule has 1 aromatic rings. The van der Waals surface area contributed by atoms with Crippen molar-refractivity contribution in [2.45, 2.75) is 37.4 Å². The maximum Gasteiger partial charge on any atom is 0.168 e. The van der Waals surface area contributed by atoms with Gasteiger partial charge in [-0.3, -0.25) is 0 Å². The van der Waals surface area contributed by atoms with Crippen LogP contribution in [0.15, 0.2) is 24.3 Å². The molecule has 0 amide bonds. The molecule has 3 rings (SSSR count). The first-order valence-electron chi connectivity index (χ1n) is 6.73. The van der Waals surface area contributed by atoms with Crippen LogP contribution >= 0.6 is 0 Å². The summed E-state index contributed by atoms with van der Waals surface area (Å²) in [4.78, 5) is 0. The van der Waals surface area contributed by atoms with Crippen molar-refractivity contribution in [2.75, 3.05) is 20.3 Å². The van der Waals surface area contributed by atoms with Crippen molar-refractivity contribution in [2.24, 2.45) is 0 Å². The van der Waals surface area contributed by atoms with Crippen LogP contribution in [0, 0.1) is 0 Å². The molecule has 98 valence electrons. The van der Waals surface area contributed by atoms with Crippen LogP contribution in [-0.2, 0) is 9.47 Å². The van der Waals surface area contributed by atoms with E-state index in [1.165, 1.54) is 5.56 Å². The molecule has 0 radical (unpaired) electrons. The van der Waals surface area contributed by atoms with Gasteiger partial charge in [-0.2, -0.15) is 0 Å². The lowest BCUT2D eigenvalue weighted by atomic mass is 9.81. The van der Waals surface area contributed by atoms with Gasteiger partial charge in [0.15, 0.2) is 5.79 Å². The Morgan fingerprint density at radius 3 is 2.56 bits per heavy atom. The van der Waals surface area contributed by atoms with Crippen LogP contribution in [0.3, 0.4) is 0 Å². The zero-order chi connectivity index (χ0) is 12.4. The molecular formula is C15H20O3. The van der Waals surface area contributed by atoms with Crippen LogP contribution in [0.4, 0.5) is 0 Å². The number of hydrogen-bond acceptors (Lipinski definition) is 3. The summed E-state index contributed by atoms with van der Waals surface area (Å²) in [6.07, 6.45) is 4.28. The summed E-state index contributed by atoms with van der Waals surface area (Å²) < 4.78 is 16.8. The number of benzene rings is 1. The van der Waals surface area contributed by atoms with Crippen molar-refractivity contribution in [1.29, 1.82) is 0 Å². The van der Waals surface area contributed by atoms with Gasteiger partial charge < -0.3 is 14.2 Å². The van der Waals surface area contributed by atoms with Crippen molar-refractivity contribution in [1.82, 2.24) is 0 Å². The Labute approximate surface area is 108 Å². The van der Waals surface area contributed by atoms with Gasteiger partial charge in [0, 0.05) is 12.8 Å². The summed E-state index contributed by atoms with van der Waals surface area (Å²) in [6, 6.07) is 8.42. The number of ether oxygens (including phenoxy) is 3. The molecule has 1 saturated carbocycles. The highest BCUT2D eigenvalue weighted by molar-refractivity contribution is 5.31. The van der Waals surface area contributed by atoms with E-state index in [4.69, 9.17) is 14.2 Å². The van der Waals surface area contributed by atoms with Gasteiger partial charge in [-0.05, 0) is 36.5 Å². The van der Waals surface area contributed by atoms with Crippen molar-refractivity contribution >= 4 is 0 Å². The Balaban J connectivity index is 1.68. The van der Waals surface area contributed by atoms with Crippen LogP contribution in [0.25, 0.3) is 0 Å². The molecule has 1 aliphatic heterocycles. The zero-order valence-electron chi connectivity index (χ0n) is 10.9. The summed E-state index contributed by atoms with van der Waals surface area (Å²) in [7, 11) is 1.72. The highest BCUT2D eigenvalue weighted by atomic mass is 16.7. The van der Waals surface area contributed by atoms with Gasteiger partial charge in [0.25, 0.3) is 0 Å². The van der Waals surface area contributed by atoms with Gasteiger partial charge in [0.05, 0.1) is 20.3 Å². The summed E-state index contributed by atoms with van der Waals surface area (Å²) in [5, 5.41) is 0. The zero-order valence-corrected chi connectivity index (χ0v) is 10.9. The molecule has 0 atom stereocenters. The maximum absolute atomic E-state index is 5.76. The molecule has 0 unspecified atom stereocenters. The third-order valence-electron chi connectivity index (χ3n) is 4.13. The topological polar surface area (TPSA) is 27.7 Å². The fourth-order valence-electron chi connectivity index (χ4n) is 3.07. The Kier molecular flexibility index (Phi) is 3.27. The van der Waals surface area contributed by atoms with Gasteiger partial charge in [-0.25, -0.2) is 0 Å². The molecule has 2 aliphatic rings. The van der Waals surface area contributed by atoms with Crippen molar-refractivity contribution in [3.63, 3.8) is 0 Å². The molecule has 1 aliphatic carbocycles. The number of rotatable bonds is 2. The molecule has 18 heavy (non-hydrogen) atoms. The van der Waals surface area contributed by atoms with Gasteiger partial charge in [0.1, 0.15) is 5.75 Å². The molecule has 3 nitrogen and oxygen atoms in total. The van der Waals surface area contributed by atoms with E-state index < -0.39 is 0 Å². The van der Waals surface area contributed by atoms with Gasteiger partial charge in [-0.15, -0.1) is 0 Å². The molecule has 3 heteroatoms.